The third-order valence-corrected chi connectivity index (χ3v) is 4.39. The predicted octanol–water partition coefficient (Wildman–Crippen LogP) is 0.165. The molecule has 1 aliphatic heterocycles. The van der Waals surface area contributed by atoms with Crippen molar-refractivity contribution in [3.63, 3.8) is 0 Å². The molecule has 124 valence electrons. The van der Waals surface area contributed by atoms with Crippen LogP contribution in [0.15, 0.2) is 9.32 Å². The Balaban J connectivity index is 1.81. The summed E-state index contributed by atoms with van der Waals surface area (Å²) in [5.41, 5.74) is 0.489. The number of fused-ring (bicyclic) bond motifs is 1. The fourth-order valence-corrected chi connectivity index (χ4v) is 2.99. The summed E-state index contributed by atoms with van der Waals surface area (Å²) in [6, 6.07) is 0. The van der Waals surface area contributed by atoms with Crippen molar-refractivity contribution < 1.29 is 9.32 Å². The lowest BCUT2D eigenvalue weighted by Gasteiger charge is -2.34. The fraction of sp³-hybridized carbons (Fsp3) is 0.600. The molecule has 0 saturated carbocycles. The molecule has 1 saturated heterocycles. The van der Waals surface area contributed by atoms with Gasteiger partial charge in [0.25, 0.3) is 5.56 Å². The van der Waals surface area contributed by atoms with E-state index < -0.39 is 0 Å². The lowest BCUT2D eigenvalue weighted by molar-refractivity contribution is -0.133. The lowest BCUT2D eigenvalue weighted by atomic mass is 10.2. The summed E-state index contributed by atoms with van der Waals surface area (Å²) in [7, 11) is 0. The molecule has 1 fully saturated rings. The smallest absolute Gasteiger partial charge is 0.297 e. The van der Waals surface area contributed by atoms with Gasteiger partial charge in [0.15, 0.2) is 5.52 Å². The number of piperazine rings is 1. The lowest BCUT2D eigenvalue weighted by Crippen LogP contribution is -2.50. The minimum Gasteiger partial charge on any atom is -0.360 e. The van der Waals surface area contributed by atoms with Crippen LogP contribution < -0.4 is 5.56 Å². The van der Waals surface area contributed by atoms with Gasteiger partial charge in [-0.15, -0.1) is 0 Å². The Morgan fingerprint density at radius 3 is 2.57 bits per heavy atom. The van der Waals surface area contributed by atoms with Crippen LogP contribution in [0, 0.1) is 13.8 Å². The Morgan fingerprint density at radius 2 is 1.91 bits per heavy atom. The van der Waals surface area contributed by atoms with Gasteiger partial charge in [0.2, 0.25) is 5.91 Å². The van der Waals surface area contributed by atoms with Gasteiger partial charge in [-0.05, 0) is 20.4 Å². The number of carbonyl (C=O) groups is 1. The van der Waals surface area contributed by atoms with Crippen LogP contribution in [0.2, 0.25) is 0 Å². The number of amides is 1. The van der Waals surface area contributed by atoms with Crippen molar-refractivity contribution in [1.82, 2.24) is 24.7 Å². The maximum Gasteiger partial charge on any atom is 0.297 e. The van der Waals surface area contributed by atoms with E-state index >= 15 is 0 Å². The Morgan fingerprint density at radius 1 is 1.22 bits per heavy atom. The Labute approximate surface area is 133 Å². The number of nitrogens with zero attached hydrogens (tertiary/aromatic N) is 5. The van der Waals surface area contributed by atoms with E-state index in [4.69, 9.17) is 4.52 Å². The zero-order valence-electron chi connectivity index (χ0n) is 13.7. The molecule has 1 amide bonds. The number of aryl methyl sites for hydroxylation is 2. The Kier molecular flexibility index (Phi) is 4.16. The highest BCUT2D eigenvalue weighted by atomic mass is 16.5. The van der Waals surface area contributed by atoms with Gasteiger partial charge in [0, 0.05) is 26.2 Å². The topological polar surface area (TPSA) is 84.5 Å². The highest BCUT2D eigenvalue weighted by Gasteiger charge is 2.22. The fourth-order valence-electron chi connectivity index (χ4n) is 2.99. The van der Waals surface area contributed by atoms with E-state index in [9.17, 15) is 9.59 Å². The van der Waals surface area contributed by atoms with Gasteiger partial charge >= 0.3 is 0 Å². The van der Waals surface area contributed by atoms with Gasteiger partial charge in [0.1, 0.15) is 12.3 Å². The summed E-state index contributed by atoms with van der Waals surface area (Å²) >= 11 is 0. The Bertz CT molecular complexity index is 786. The third kappa shape index (κ3) is 2.86. The number of carbonyl (C=O) groups excluding carboxylic acids is 1. The average molecular weight is 319 g/mol. The van der Waals surface area contributed by atoms with Gasteiger partial charge in [-0.3, -0.25) is 9.59 Å². The largest absolute Gasteiger partial charge is 0.360 e. The first-order valence-corrected chi connectivity index (χ1v) is 7.85. The number of aromatic nitrogens is 3. The first-order chi connectivity index (χ1) is 11.0. The second kappa shape index (κ2) is 6.11. The predicted molar refractivity (Wildman–Crippen MR) is 84.2 cm³/mol. The quantitative estimate of drug-likeness (QED) is 0.801. The zero-order valence-corrected chi connectivity index (χ0v) is 13.7. The minimum absolute atomic E-state index is 0.0619. The van der Waals surface area contributed by atoms with E-state index in [1.54, 1.807) is 18.7 Å². The highest BCUT2D eigenvalue weighted by molar-refractivity contribution is 5.82. The summed E-state index contributed by atoms with van der Waals surface area (Å²) in [5, 5.41) is 8.68. The number of hydrogen-bond acceptors (Lipinski definition) is 6. The molecule has 0 aliphatic carbocycles. The van der Waals surface area contributed by atoms with Gasteiger partial charge < -0.3 is 14.3 Å². The molecule has 8 nitrogen and oxygen atoms in total. The SMILES string of the molecule is CCN1CCN(C(=O)Cn2nc(C)c3c(C)onc3c2=O)CC1. The number of likely N-dealkylation sites (N-methyl/N-ethyl adjacent to an activating group) is 1. The molecular formula is C15H21N5O3. The van der Waals surface area contributed by atoms with Crippen LogP contribution in [-0.2, 0) is 11.3 Å². The molecular weight excluding hydrogens is 298 g/mol. The van der Waals surface area contributed by atoms with E-state index in [0.29, 0.717) is 29.9 Å². The van der Waals surface area contributed by atoms with Gasteiger partial charge in [-0.1, -0.05) is 12.1 Å². The third-order valence-electron chi connectivity index (χ3n) is 4.39. The summed E-state index contributed by atoms with van der Waals surface area (Å²) in [5.74, 6) is 0.477. The molecule has 0 N–H and O–H groups in total. The van der Waals surface area contributed by atoms with Crippen molar-refractivity contribution in [2.24, 2.45) is 0 Å². The van der Waals surface area contributed by atoms with Crippen LogP contribution in [0.25, 0.3) is 10.9 Å². The summed E-state index contributed by atoms with van der Waals surface area (Å²) in [6.45, 7) is 9.67. The van der Waals surface area contributed by atoms with E-state index in [2.05, 4.69) is 22.1 Å². The normalized spacial score (nSPS) is 16.2. The van der Waals surface area contributed by atoms with Crippen LogP contribution in [0.4, 0.5) is 0 Å². The molecule has 0 unspecified atom stereocenters. The monoisotopic (exact) mass is 319 g/mol. The molecule has 0 spiro atoms. The van der Waals surface area contributed by atoms with E-state index in [0.717, 1.165) is 19.6 Å². The second-order valence-electron chi connectivity index (χ2n) is 5.83. The molecule has 3 heterocycles. The van der Waals surface area contributed by atoms with Crippen LogP contribution >= 0.6 is 0 Å². The van der Waals surface area contributed by atoms with Crippen LogP contribution in [0.3, 0.4) is 0 Å². The average Bonchev–Trinajstić information content (AvgIpc) is 2.95. The van der Waals surface area contributed by atoms with Crippen molar-refractivity contribution in [1.29, 1.82) is 0 Å². The molecule has 0 bridgehead atoms. The van der Waals surface area contributed by atoms with Gasteiger partial charge in [-0.25, -0.2) is 4.68 Å². The first-order valence-electron chi connectivity index (χ1n) is 7.85. The molecule has 0 atom stereocenters. The van der Waals surface area contributed by atoms with Crippen LogP contribution in [-0.4, -0.2) is 63.4 Å². The standard InChI is InChI=1S/C15H21N5O3/c1-4-18-5-7-19(8-6-18)12(21)9-20-15(22)14-13(10(2)16-20)11(3)23-17-14/h4-9H2,1-3H3. The van der Waals surface area contributed by atoms with Gasteiger partial charge in [-0.2, -0.15) is 5.10 Å². The van der Waals surface area contributed by atoms with E-state index in [-0.39, 0.29) is 23.5 Å². The van der Waals surface area contributed by atoms with E-state index in [1.165, 1.54) is 4.68 Å². The molecule has 2 aromatic rings. The van der Waals surface area contributed by atoms with Crippen molar-refractivity contribution in [2.75, 3.05) is 32.7 Å². The molecule has 3 rings (SSSR count). The first kappa shape index (κ1) is 15.7. The molecule has 0 radical (unpaired) electrons. The summed E-state index contributed by atoms with van der Waals surface area (Å²) in [6.07, 6.45) is 0. The van der Waals surface area contributed by atoms with Crippen molar-refractivity contribution in [3.8, 4) is 0 Å². The van der Waals surface area contributed by atoms with Gasteiger partial charge in [0.05, 0.1) is 11.1 Å². The number of rotatable bonds is 3. The molecule has 0 aromatic carbocycles. The second-order valence-corrected chi connectivity index (χ2v) is 5.83. The summed E-state index contributed by atoms with van der Waals surface area (Å²) < 4.78 is 6.26. The number of hydrogen-bond donors (Lipinski definition) is 0. The highest BCUT2D eigenvalue weighted by Crippen LogP contribution is 2.16. The molecule has 8 heteroatoms. The minimum atomic E-state index is -0.386. The molecule has 1 aliphatic rings. The van der Waals surface area contributed by atoms with Crippen molar-refractivity contribution in [3.05, 3.63) is 21.8 Å². The van der Waals surface area contributed by atoms with Crippen LogP contribution in [0.5, 0.6) is 0 Å². The summed E-state index contributed by atoms with van der Waals surface area (Å²) in [4.78, 5) is 28.9. The maximum atomic E-state index is 12.4. The maximum absolute atomic E-state index is 12.4. The van der Waals surface area contributed by atoms with Crippen molar-refractivity contribution in [2.45, 2.75) is 27.3 Å². The van der Waals surface area contributed by atoms with E-state index in [1.807, 2.05) is 0 Å². The molecule has 23 heavy (non-hydrogen) atoms. The Hall–Kier alpha value is -2.22. The van der Waals surface area contributed by atoms with Crippen LogP contribution in [0.1, 0.15) is 18.4 Å². The van der Waals surface area contributed by atoms with Crippen molar-refractivity contribution >= 4 is 16.8 Å². The zero-order chi connectivity index (χ0) is 16.6. The molecule has 2 aromatic heterocycles.